The first-order valence-electron chi connectivity index (χ1n) is 5.07. The van der Waals surface area contributed by atoms with Crippen molar-refractivity contribution in [1.29, 1.82) is 0 Å². The Balaban J connectivity index is 2.37. The van der Waals surface area contributed by atoms with Crippen molar-refractivity contribution >= 4 is 11.9 Å². The van der Waals surface area contributed by atoms with Crippen molar-refractivity contribution in [2.75, 3.05) is 11.9 Å². The lowest BCUT2D eigenvalue weighted by Gasteiger charge is -2.03. The highest BCUT2D eigenvalue weighted by Gasteiger charge is 2.06. The van der Waals surface area contributed by atoms with Crippen LogP contribution in [0.4, 0.5) is 10.6 Å². The maximum Gasteiger partial charge on any atom is 0.412 e. The van der Waals surface area contributed by atoms with Crippen LogP contribution >= 0.6 is 0 Å². The molecule has 0 saturated heterocycles. The molecule has 0 spiro atoms. The third-order valence-electron chi connectivity index (χ3n) is 2.07. The first-order valence-corrected chi connectivity index (χ1v) is 5.07. The van der Waals surface area contributed by atoms with E-state index in [-0.39, 0.29) is 0 Å². The van der Waals surface area contributed by atoms with Gasteiger partial charge in [-0.15, -0.1) is 0 Å². The molecule has 0 aliphatic rings. The highest BCUT2D eigenvalue weighted by molar-refractivity contribution is 5.83. The lowest BCUT2D eigenvalue weighted by atomic mass is 10.4. The molecule has 0 saturated carbocycles. The van der Waals surface area contributed by atoms with Crippen LogP contribution in [-0.2, 0) is 11.8 Å². The van der Waals surface area contributed by atoms with E-state index in [9.17, 15) is 4.79 Å². The van der Waals surface area contributed by atoms with Crippen LogP contribution in [0.15, 0.2) is 6.20 Å². The first kappa shape index (κ1) is 11.6. The van der Waals surface area contributed by atoms with Gasteiger partial charge >= 0.3 is 6.09 Å². The molecular formula is C10H17N3O2. The monoisotopic (exact) mass is 211 g/mol. The zero-order chi connectivity index (χ0) is 11.3. The van der Waals surface area contributed by atoms with Crippen LogP contribution in [0.1, 0.15) is 25.6 Å². The van der Waals surface area contributed by atoms with Gasteiger partial charge < -0.3 is 9.30 Å². The van der Waals surface area contributed by atoms with Gasteiger partial charge in [-0.3, -0.25) is 5.32 Å². The summed E-state index contributed by atoms with van der Waals surface area (Å²) in [6.07, 6.45) is 3.20. The Morgan fingerprint density at radius 1 is 1.67 bits per heavy atom. The Hall–Kier alpha value is -1.52. The van der Waals surface area contributed by atoms with Gasteiger partial charge in [-0.2, -0.15) is 0 Å². The molecule has 15 heavy (non-hydrogen) atoms. The molecule has 0 radical (unpaired) electrons. The Morgan fingerprint density at radius 2 is 2.40 bits per heavy atom. The van der Waals surface area contributed by atoms with E-state index in [2.05, 4.69) is 10.3 Å². The number of hydrogen-bond donors (Lipinski definition) is 1. The average molecular weight is 211 g/mol. The molecule has 0 aliphatic carbocycles. The summed E-state index contributed by atoms with van der Waals surface area (Å²) in [5, 5.41) is 2.57. The fraction of sp³-hybridized carbons (Fsp3) is 0.600. The summed E-state index contributed by atoms with van der Waals surface area (Å²) in [4.78, 5) is 15.4. The number of carbonyl (C=O) groups excluding carboxylic acids is 1. The van der Waals surface area contributed by atoms with E-state index in [1.165, 1.54) is 0 Å². The maximum absolute atomic E-state index is 11.2. The van der Waals surface area contributed by atoms with Crippen LogP contribution in [0.25, 0.3) is 0 Å². The topological polar surface area (TPSA) is 56.1 Å². The summed E-state index contributed by atoms with van der Waals surface area (Å²) in [6.45, 7) is 4.37. The van der Waals surface area contributed by atoms with Crippen molar-refractivity contribution < 1.29 is 9.53 Å². The zero-order valence-electron chi connectivity index (χ0n) is 9.41. The third kappa shape index (κ3) is 3.61. The molecule has 0 aliphatic heterocycles. The number of rotatable bonds is 4. The number of aryl methyl sites for hydroxylation is 2. The molecule has 1 aromatic rings. The van der Waals surface area contributed by atoms with E-state index >= 15 is 0 Å². The van der Waals surface area contributed by atoms with Gasteiger partial charge in [0.15, 0.2) is 5.82 Å². The minimum absolute atomic E-state index is 0.443. The van der Waals surface area contributed by atoms with Crippen molar-refractivity contribution in [3.8, 4) is 0 Å². The number of nitrogens with one attached hydrogen (secondary N) is 1. The van der Waals surface area contributed by atoms with Gasteiger partial charge in [0, 0.05) is 13.2 Å². The molecule has 1 amide bonds. The molecule has 1 heterocycles. The minimum atomic E-state index is -0.443. The molecule has 5 heteroatoms. The highest BCUT2D eigenvalue weighted by atomic mass is 16.5. The van der Waals surface area contributed by atoms with E-state index in [1.54, 1.807) is 6.20 Å². The summed E-state index contributed by atoms with van der Waals surface area (Å²) in [7, 11) is 1.87. The van der Waals surface area contributed by atoms with E-state index < -0.39 is 6.09 Å². The molecule has 0 aromatic carbocycles. The van der Waals surface area contributed by atoms with Crippen LogP contribution < -0.4 is 5.32 Å². The summed E-state index contributed by atoms with van der Waals surface area (Å²) in [5.41, 5.74) is 0. The predicted octanol–water partition coefficient (Wildman–Crippen LogP) is 2.08. The largest absolute Gasteiger partial charge is 0.449 e. The number of ether oxygens (including phenoxy) is 1. The molecule has 0 fully saturated rings. The standard InChI is InChI=1S/C10H17N3O2/c1-4-5-6-15-10(14)12-9-7-13(3)8(2)11-9/h7H,4-6H2,1-3H3,(H,12,14). The number of carbonyl (C=O) groups is 1. The van der Waals surface area contributed by atoms with Crippen LogP contribution in [-0.4, -0.2) is 22.3 Å². The summed E-state index contributed by atoms with van der Waals surface area (Å²) in [6, 6.07) is 0. The van der Waals surface area contributed by atoms with Crippen molar-refractivity contribution in [3.63, 3.8) is 0 Å². The molecule has 84 valence electrons. The molecular weight excluding hydrogens is 194 g/mol. The Morgan fingerprint density at radius 3 is 2.93 bits per heavy atom. The lowest BCUT2D eigenvalue weighted by Crippen LogP contribution is -2.14. The number of anilines is 1. The van der Waals surface area contributed by atoms with Gasteiger partial charge in [-0.1, -0.05) is 13.3 Å². The van der Waals surface area contributed by atoms with Crippen molar-refractivity contribution in [3.05, 3.63) is 12.0 Å². The van der Waals surface area contributed by atoms with E-state index in [0.29, 0.717) is 12.4 Å². The number of aromatic nitrogens is 2. The SMILES string of the molecule is CCCCOC(=O)Nc1cn(C)c(C)n1. The van der Waals surface area contributed by atoms with Gasteiger partial charge in [-0.05, 0) is 13.3 Å². The Kier molecular flexibility index (Phi) is 4.15. The Bertz CT molecular complexity index is 314. The molecule has 0 atom stereocenters. The normalized spacial score (nSPS) is 10.1. The van der Waals surface area contributed by atoms with Crippen molar-refractivity contribution in [1.82, 2.24) is 9.55 Å². The summed E-state index contributed by atoms with van der Waals surface area (Å²) in [5.74, 6) is 1.37. The lowest BCUT2D eigenvalue weighted by molar-refractivity contribution is 0.160. The van der Waals surface area contributed by atoms with Crippen molar-refractivity contribution in [2.24, 2.45) is 7.05 Å². The number of amides is 1. The average Bonchev–Trinajstić information content (AvgIpc) is 2.46. The van der Waals surface area contributed by atoms with Gasteiger partial charge in [0.2, 0.25) is 0 Å². The summed E-state index contributed by atoms with van der Waals surface area (Å²) >= 11 is 0. The second-order valence-corrected chi connectivity index (χ2v) is 3.40. The van der Waals surface area contributed by atoms with Gasteiger partial charge in [0.25, 0.3) is 0 Å². The predicted molar refractivity (Wildman–Crippen MR) is 57.8 cm³/mol. The molecule has 0 unspecified atom stereocenters. The smallest absolute Gasteiger partial charge is 0.412 e. The minimum Gasteiger partial charge on any atom is -0.449 e. The first-order chi connectivity index (χ1) is 7.13. The van der Waals surface area contributed by atoms with Crippen LogP contribution in [0.3, 0.4) is 0 Å². The fourth-order valence-corrected chi connectivity index (χ4v) is 1.07. The van der Waals surface area contributed by atoms with Gasteiger partial charge in [-0.25, -0.2) is 9.78 Å². The van der Waals surface area contributed by atoms with Crippen LogP contribution in [0.2, 0.25) is 0 Å². The van der Waals surface area contributed by atoms with Crippen LogP contribution in [0, 0.1) is 6.92 Å². The second-order valence-electron chi connectivity index (χ2n) is 3.40. The van der Waals surface area contributed by atoms with Crippen molar-refractivity contribution in [2.45, 2.75) is 26.7 Å². The third-order valence-corrected chi connectivity index (χ3v) is 2.07. The number of nitrogens with zero attached hydrogens (tertiary/aromatic N) is 2. The van der Waals surface area contributed by atoms with E-state index in [0.717, 1.165) is 18.7 Å². The molecule has 1 N–H and O–H groups in total. The van der Waals surface area contributed by atoms with E-state index in [4.69, 9.17) is 4.74 Å². The van der Waals surface area contributed by atoms with Crippen LogP contribution in [0.5, 0.6) is 0 Å². The number of unbranched alkanes of at least 4 members (excludes halogenated alkanes) is 1. The number of hydrogen-bond acceptors (Lipinski definition) is 3. The highest BCUT2D eigenvalue weighted by Crippen LogP contribution is 2.05. The summed E-state index contributed by atoms with van der Waals surface area (Å²) < 4.78 is 6.77. The molecule has 1 aromatic heterocycles. The zero-order valence-corrected chi connectivity index (χ0v) is 9.41. The van der Waals surface area contributed by atoms with E-state index in [1.807, 2.05) is 25.5 Å². The maximum atomic E-state index is 11.2. The van der Waals surface area contributed by atoms with Gasteiger partial charge in [0.05, 0.1) is 6.61 Å². The fourth-order valence-electron chi connectivity index (χ4n) is 1.07. The van der Waals surface area contributed by atoms with Gasteiger partial charge in [0.1, 0.15) is 5.82 Å². The molecule has 1 rings (SSSR count). The Labute approximate surface area is 89.4 Å². The second kappa shape index (κ2) is 5.38. The molecule has 0 bridgehead atoms. The molecule has 5 nitrogen and oxygen atoms in total. The number of imidazole rings is 1. The quantitative estimate of drug-likeness (QED) is 0.776.